The summed E-state index contributed by atoms with van der Waals surface area (Å²) in [5.74, 6) is 1.31. The van der Waals surface area contributed by atoms with Gasteiger partial charge in [0.15, 0.2) is 0 Å². The molecule has 1 aliphatic rings. The van der Waals surface area contributed by atoms with Crippen LogP contribution in [0.25, 0.3) is 0 Å². The van der Waals surface area contributed by atoms with E-state index >= 15 is 0 Å². The standard InChI is InChI=1S/C11H13N3O/c1-14-10-7-12-5-9(8(10)6-13-14)11-3-2-4-15-11/h2-4,6,9,12H,5,7H2,1H3. The van der Waals surface area contributed by atoms with Gasteiger partial charge in [-0.1, -0.05) is 0 Å². The maximum atomic E-state index is 5.46. The lowest BCUT2D eigenvalue weighted by Gasteiger charge is -2.21. The topological polar surface area (TPSA) is 43.0 Å². The van der Waals surface area contributed by atoms with Crippen LogP contribution in [0.3, 0.4) is 0 Å². The molecule has 4 nitrogen and oxygen atoms in total. The Bertz CT molecular complexity index is 458. The van der Waals surface area contributed by atoms with E-state index in [-0.39, 0.29) is 0 Å². The van der Waals surface area contributed by atoms with Crippen LogP contribution in [0.4, 0.5) is 0 Å². The summed E-state index contributed by atoms with van der Waals surface area (Å²) in [5, 5.41) is 7.68. The highest BCUT2D eigenvalue weighted by Crippen LogP contribution is 2.29. The van der Waals surface area contributed by atoms with Gasteiger partial charge in [-0.25, -0.2) is 0 Å². The van der Waals surface area contributed by atoms with E-state index in [1.54, 1.807) is 6.26 Å². The average molecular weight is 203 g/mol. The number of fused-ring (bicyclic) bond motifs is 1. The Hall–Kier alpha value is -1.55. The first-order valence-electron chi connectivity index (χ1n) is 5.11. The third-order valence-corrected chi connectivity index (χ3v) is 3.00. The summed E-state index contributed by atoms with van der Waals surface area (Å²) >= 11 is 0. The minimum Gasteiger partial charge on any atom is -0.469 e. The van der Waals surface area contributed by atoms with Gasteiger partial charge in [0.05, 0.1) is 24.1 Å². The molecule has 1 aliphatic heterocycles. The third-order valence-electron chi connectivity index (χ3n) is 3.00. The first-order chi connectivity index (χ1) is 7.36. The molecule has 2 aromatic rings. The third kappa shape index (κ3) is 1.29. The molecule has 0 radical (unpaired) electrons. The predicted octanol–water partition coefficient (Wildman–Crippen LogP) is 1.25. The number of nitrogens with zero attached hydrogens (tertiary/aromatic N) is 2. The van der Waals surface area contributed by atoms with Gasteiger partial charge < -0.3 is 9.73 Å². The lowest BCUT2D eigenvalue weighted by Crippen LogP contribution is -2.29. The SMILES string of the molecule is Cn1ncc2c1CNCC2c1ccco1. The van der Waals surface area contributed by atoms with Crippen molar-refractivity contribution in [3.63, 3.8) is 0 Å². The Labute approximate surface area is 87.9 Å². The first-order valence-corrected chi connectivity index (χ1v) is 5.11. The van der Waals surface area contributed by atoms with E-state index in [1.165, 1.54) is 11.3 Å². The zero-order valence-electron chi connectivity index (χ0n) is 8.60. The number of aromatic nitrogens is 2. The summed E-state index contributed by atoms with van der Waals surface area (Å²) in [6, 6.07) is 3.95. The zero-order chi connectivity index (χ0) is 10.3. The summed E-state index contributed by atoms with van der Waals surface area (Å²) in [6.07, 6.45) is 3.67. The molecule has 1 N–H and O–H groups in total. The number of nitrogens with one attached hydrogen (secondary N) is 1. The van der Waals surface area contributed by atoms with E-state index in [4.69, 9.17) is 4.42 Å². The summed E-state index contributed by atoms with van der Waals surface area (Å²) < 4.78 is 7.39. The maximum absolute atomic E-state index is 5.46. The fourth-order valence-electron chi connectivity index (χ4n) is 2.18. The number of furan rings is 1. The molecule has 0 aliphatic carbocycles. The first kappa shape index (κ1) is 8.73. The smallest absolute Gasteiger partial charge is 0.112 e. The van der Waals surface area contributed by atoms with Crippen LogP contribution in [0.15, 0.2) is 29.0 Å². The van der Waals surface area contributed by atoms with Crippen LogP contribution in [0, 0.1) is 0 Å². The molecule has 0 fully saturated rings. The Morgan fingerprint density at radius 1 is 1.60 bits per heavy atom. The van der Waals surface area contributed by atoms with Gasteiger partial charge in [0.25, 0.3) is 0 Å². The van der Waals surface area contributed by atoms with Gasteiger partial charge >= 0.3 is 0 Å². The number of rotatable bonds is 1. The molecule has 3 rings (SSSR count). The summed E-state index contributed by atoms with van der Waals surface area (Å²) in [6.45, 7) is 1.81. The second kappa shape index (κ2) is 3.24. The minimum atomic E-state index is 0.303. The van der Waals surface area contributed by atoms with Crippen molar-refractivity contribution in [3.05, 3.63) is 41.6 Å². The fourth-order valence-corrected chi connectivity index (χ4v) is 2.18. The molecule has 0 amide bonds. The molecule has 1 atom stereocenters. The van der Waals surface area contributed by atoms with Crippen molar-refractivity contribution >= 4 is 0 Å². The van der Waals surface area contributed by atoms with Crippen molar-refractivity contribution < 1.29 is 4.42 Å². The Kier molecular flexibility index (Phi) is 1.89. The van der Waals surface area contributed by atoms with Crippen molar-refractivity contribution in [1.82, 2.24) is 15.1 Å². The Balaban J connectivity index is 2.07. The molecule has 1 unspecified atom stereocenters. The lowest BCUT2D eigenvalue weighted by atomic mass is 9.94. The quantitative estimate of drug-likeness (QED) is 0.758. The van der Waals surface area contributed by atoms with Crippen LogP contribution in [0.1, 0.15) is 22.9 Å². The van der Waals surface area contributed by atoms with Gasteiger partial charge in [0.2, 0.25) is 0 Å². The summed E-state index contributed by atoms with van der Waals surface area (Å²) in [5.41, 5.74) is 2.54. The highest BCUT2D eigenvalue weighted by atomic mass is 16.3. The molecule has 0 saturated carbocycles. The minimum absolute atomic E-state index is 0.303. The van der Waals surface area contributed by atoms with Gasteiger partial charge in [0.1, 0.15) is 5.76 Å². The van der Waals surface area contributed by atoms with Crippen molar-refractivity contribution in [3.8, 4) is 0 Å². The van der Waals surface area contributed by atoms with Gasteiger partial charge in [-0.3, -0.25) is 4.68 Å². The van der Waals surface area contributed by atoms with Crippen LogP contribution in [0.2, 0.25) is 0 Å². The molecule has 15 heavy (non-hydrogen) atoms. The van der Waals surface area contributed by atoms with Gasteiger partial charge in [0, 0.05) is 25.7 Å². The van der Waals surface area contributed by atoms with Crippen LogP contribution >= 0.6 is 0 Å². The van der Waals surface area contributed by atoms with E-state index in [9.17, 15) is 0 Å². The normalized spacial score (nSPS) is 20.2. The second-order valence-electron chi connectivity index (χ2n) is 3.87. The van der Waals surface area contributed by atoms with Crippen molar-refractivity contribution in [2.75, 3.05) is 6.54 Å². The van der Waals surface area contributed by atoms with Gasteiger partial charge in [-0.2, -0.15) is 5.10 Å². The highest BCUT2D eigenvalue weighted by molar-refractivity contribution is 5.32. The lowest BCUT2D eigenvalue weighted by molar-refractivity contribution is 0.453. The Morgan fingerprint density at radius 2 is 2.53 bits per heavy atom. The molecule has 0 aromatic carbocycles. The largest absolute Gasteiger partial charge is 0.469 e. The van der Waals surface area contributed by atoms with Crippen LogP contribution < -0.4 is 5.32 Å². The number of hydrogen-bond donors (Lipinski definition) is 1. The molecule has 4 heteroatoms. The van der Waals surface area contributed by atoms with E-state index in [0.29, 0.717) is 5.92 Å². The van der Waals surface area contributed by atoms with E-state index in [0.717, 1.165) is 18.8 Å². The summed E-state index contributed by atoms with van der Waals surface area (Å²) in [7, 11) is 1.98. The molecule has 0 spiro atoms. The molecule has 3 heterocycles. The molecular formula is C11H13N3O. The van der Waals surface area contributed by atoms with Crippen LogP contribution in [-0.2, 0) is 13.6 Å². The molecule has 0 saturated heterocycles. The maximum Gasteiger partial charge on any atom is 0.112 e. The zero-order valence-corrected chi connectivity index (χ0v) is 8.60. The fraction of sp³-hybridized carbons (Fsp3) is 0.364. The van der Waals surface area contributed by atoms with Crippen molar-refractivity contribution in [1.29, 1.82) is 0 Å². The summed E-state index contributed by atoms with van der Waals surface area (Å²) in [4.78, 5) is 0. The van der Waals surface area contributed by atoms with E-state index in [2.05, 4.69) is 10.4 Å². The number of aryl methyl sites for hydroxylation is 1. The highest BCUT2D eigenvalue weighted by Gasteiger charge is 2.26. The van der Waals surface area contributed by atoms with E-state index in [1.807, 2.05) is 30.1 Å². The Morgan fingerprint density at radius 3 is 3.33 bits per heavy atom. The van der Waals surface area contributed by atoms with Crippen molar-refractivity contribution in [2.45, 2.75) is 12.5 Å². The van der Waals surface area contributed by atoms with Crippen LogP contribution in [-0.4, -0.2) is 16.3 Å². The molecule has 0 bridgehead atoms. The predicted molar refractivity (Wildman–Crippen MR) is 55.5 cm³/mol. The average Bonchev–Trinajstić information content (AvgIpc) is 2.88. The second-order valence-corrected chi connectivity index (χ2v) is 3.87. The molecular weight excluding hydrogens is 190 g/mol. The monoisotopic (exact) mass is 203 g/mol. The number of hydrogen-bond acceptors (Lipinski definition) is 3. The molecule has 2 aromatic heterocycles. The van der Waals surface area contributed by atoms with E-state index < -0.39 is 0 Å². The van der Waals surface area contributed by atoms with Gasteiger partial charge in [-0.05, 0) is 12.1 Å². The van der Waals surface area contributed by atoms with Crippen LogP contribution in [0.5, 0.6) is 0 Å². The molecule has 78 valence electrons. The van der Waals surface area contributed by atoms with Crippen molar-refractivity contribution in [2.24, 2.45) is 7.05 Å². The van der Waals surface area contributed by atoms with Gasteiger partial charge in [-0.15, -0.1) is 0 Å².